The molecule has 1 aliphatic heterocycles. The van der Waals surface area contributed by atoms with Crippen LogP contribution < -0.4 is 29.2 Å². The topological polar surface area (TPSA) is 254 Å². The third-order valence-electron chi connectivity index (χ3n) is 10.2. The molecule has 2 aromatic heterocycles. The Bertz CT molecular complexity index is 2870. The van der Waals surface area contributed by atoms with E-state index in [-0.39, 0.29) is 76.3 Å². The average Bonchev–Trinajstić information content (AvgIpc) is 4.05. The summed E-state index contributed by atoms with van der Waals surface area (Å²) in [5.74, 6) is -0.435. The second kappa shape index (κ2) is 24.6. The number of ether oxygens (including phenoxy) is 1. The Morgan fingerprint density at radius 2 is 1.40 bits per heavy atom. The van der Waals surface area contributed by atoms with E-state index < -0.39 is 9.85 Å². The number of hydrogen-bond donors (Lipinski definition) is 2. The summed E-state index contributed by atoms with van der Waals surface area (Å²) >= 11 is 7.88. The minimum atomic E-state index is -0.583. The molecule has 2 N–H and O–H groups in total. The van der Waals surface area contributed by atoms with Crippen molar-refractivity contribution in [3.05, 3.63) is 161 Å². The van der Waals surface area contributed by atoms with E-state index >= 15 is 0 Å². The molecule has 7 rings (SSSR count). The summed E-state index contributed by atoms with van der Waals surface area (Å²) in [6, 6.07) is 12.6. The van der Waals surface area contributed by atoms with Gasteiger partial charge in [-0.3, -0.25) is 40.0 Å². The minimum Gasteiger partial charge on any atom is -0.506 e. The number of fused-ring (bicyclic) bond motifs is 1. The first-order valence-corrected chi connectivity index (χ1v) is 22.3. The van der Waals surface area contributed by atoms with Crippen LogP contribution in [0.1, 0.15) is 45.2 Å². The van der Waals surface area contributed by atoms with E-state index in [9.17, 15) is 40.0 Å². The van der Waals surface area contributed by atoms with E-state index in [0.717, 1.165) is 89.6 Å². The van der Waals surface area contributed by atoms with Gasteiger partial charge in [0.15, 0.2) is 23.8 Å². The van der Waals surface area contributed by atoms with Crippen molar-refractivity contribution in [2.45, 2.75) is 39.5 Å². The van der Waals surface area contributed by atoms with Gasteiger partial charge in [0.05, 0.1) is 22.4 Å². The molecule has 0 saturated carbocycles. The predicted octanol–water partition coefficient (Wildman–Crippen LogP) is 7.76. The van der Waals surface area contributed by atoms with Gasteiger partial charge in [0.2, 0.25) is 5.69 Å². The van der Waals surface area contributed by atoms with Gasteiger partial charge >= 0.3 is 10.0 Å². The molecule has 1 atom stereocenters. The normalized spacial score (nSPS) is 17.8. The van der Waals surface area contributed by atoms with Crippen LogP contribution >= 0.6 is 34.3 Å². The molecule has 1 radical (unpaired) electrons. The van der Waals surface area contributed by atoms with Gasteiger partial charge in [0.1, 0.15) is 28.7 Å². The number of allylic oxidation sites excluding steroid dienone is 7. The van der Waals surface area contributed by atoms with Gasteiger partial charge in [-0.15, -0.1) is 0 Å². The van der Waals surface area contributed by atoms with Gasteiger partial charge < -0.3 is 40.0 Å². The molecule has 0 spiro atoms. The Balaban J connectivity index is 0.000000235. The number of methoxy groups -OCH3 is 1. The number of rotatable bonds is 13. The Kier molecular flexibility index (Phi) is 19.4. The fourth-order valence-electron chi connectivity index (χ4n) is 6.66. The van der Waals surface area contributed by atoms with Crippen molar-refractivity contribution in [1.82, 2.24) is 9.97 Å². The van der Waals surface area contributed by atoms with Crippen molar-refractivity contribution in [1.29, 1.82) is 0 Å². The predicted molar refractivity (Wildman–Crippen MR) is 259 cm³/mol. The number of anilines is 1. The first-order chi connectivity index (χ1) is 32.0. The average molecular weight is 1030 g/mol. The maximum atomic E-state index is 10.9. The van der Waals surface area contributed by atoms with E-state index in [1.165, 1.54) is 47.0 Å². The van der Waals surface area contributed by atoms with Crippen LogP contribution in [0.3, 0.4) is 0 Å². The van der Waals surface area contributed by atoms with Crippen LogP contribution in [-0.2, 0) is 31.8 Å². The van der Waals surface area contributed by atoms with Crippen LogP contribution in [0.15, 0.2) is 136 Å². The number of nitrogens with zero attached hydrogens (tertiary/aromatic N) is 10. The van der Waals surface area contributed by atoms with Crippen molar-refractivity contribution in [3.8, 4) is 5.75 Å². The van der Waals surface area contributed by atoms with Crippen LogP contribution in [-0.4, -0.2) is 80.1 Å². The number of aliphatic hydroxyl groups is 2. The van der Waals surface area contributed by atoms with Gasteiger partial charge in [0.25, 0.3) is 0 Å². The Hall–Kier alpha value is -7.11. The summed E-state index contributed by atoms with van der Waals surface area (Å²) in [5.41, 5.74) is 6.04. The van der Waals surface area contributed by atoms with Crippen LogP contribution in [0, 0.1) is 20.2 Å². The summed E-state index contributed by atoms with van der Waals surface area (Å²) in [4.78, 5) is 51.3. The molecule has 3 heterocycles. The largest absolute Gasteiger partial charge is 0.506 e. The number of benzene rings is 2. The van der Waals surface area contributed by atoms with Gasteiger partial charge in [-0.25, -0.2) is 0 Å². The van der Waals surface area contributed by atoms with Crippen LogP contribution in [0.4, 0.5) is 21.4 Å². The first kappa shape index (κ1) is 53.5. The van der Waals surface area contributed by atoms with Crippen molar-refractivity contribution >= 4 is 90.4 Å². The number of carbonyl (C=O) groups is 2. The van der Waals surface area contributed by atoms with E-state index in [2.05, 4.69) is 117 Å². The SMILES string of the molecule is C=CC[N+]1=C(/C=C/c2ccc(N(CC)CC)cc2OC)C(C)(CC)c2cc(Cl)ccc21.O=C1C=CC(=NN=c2[n-]cc([N+](=O)[O-])s2)C(O)=C1.O=C1C=CC(=NN=c2[n-]cc([N+](=O)[O-])s2)C(O)=C1.[Co]. The minimum absolute atomic E-state index is 0. The second-order valence-corrected chi connectivity index (χ2v) is 16.7. The van der Waals surface area contributed by atoms with E-state index in [4.69, 9.17) is 16.3 Å². The molecule has 23 heteroatoms. The summed E-state index contributed by atoms with van der Waals surface area (Å²) in [6.07, 6.45) is 16.5. The van der Waals surface area contributed by atoms with Crippen molar-refractivity contribution < 1.29 is 55.7 Å². The number of halogens is 1. The molecule has 0 amide bonds. The fraction of sp³-hybridized carbons (Fsp3) is 0.222. The van der Waals surface area contributed by atoms with Crippen LogP contribution in [0.5, 0.6) is 5.75 Å². The molecule has 2 aliphatic carbocycles. The zero-order valence-electron chi connectivity index (χ0n) is 37.1. The Morgan fingerprint density at radius 1 is 0.853 bits per heavy atom. The maximum Gasteiger partial charge on any atom is 0.319 e. The number of aliphatic hydroxyl groups excluding tert-OH is 2. The molecule has 2 aromatic carbocycles. The molecular formula is C45H44ClCoN10O9S2-. The zero-order valence-corrected chi connectivity index (χ0v) is 40.5. The molecule has 19 nitrogen and oxygen atoms in total. The molecule has 0 bridgehead atoms. The first-order valence-electron chi connectivity index (χ1n) is 20.3. The number of nitro groups is 2. The molecule has 4 aromatic rings. The van der Waals surface area contributed by atoms with Crippen molar-refractivity contribution in [2.75, 3.05) is 31.6 Å². The summed E-state index contributed by atoms with van der Waals surface area (Å²) in [7, 11) is 1.74. The fourth-order valence-corrected chi connectivity index (χ4v) is 7.94. The van der Waals surface area contributed by atoms with Crippen LogP contribution in [0.25, 0.3) is 6.08 Å². The monoisotopic (exact) mass is 1030 g/mol. The van der Waals surface area contributed by atoms with E-state index in [1.807, 2.05) is 12.1 Å². The number of carbonyl (C=O) groups excluding carboxylic acids is 2. The van der Waals surface area contributed by atoms with Gasteiger partial charge in [-0.2, -0.15) is 4.58 Å². The van der Waals surface area contributed by atoms with Gasteiger partial charge in [-0.05, 0) is 87.9 Å². The summed E-state index contributed by atoms with van der Waals surface area (Å²) in [5, 5.41) is 54.6. The van der Waals surface area contributed by atoms with Crippen molar-refractivity contribution in [3.63, 3.8) is 0 Å². The van der Waals surface area contributed by atoms with Gasteiger partial charge in [0, 0.05) is 104 Å². The smallest absolute Gasteiger partial charge is 0.319 e. The van der Waals surface area contributed by atoms with Crippen LogP contribution in [0.2, 0.25) is 5.02 Å². The molecule has 357 valence electrons. The molecule has 68 heavy (non-hydrogen) atoms. The summed E-state index contributed by atoms with van der Waals surface area (Å²) in [6.45, 7) is 15.5. The Labute approximate surface area is 412 Å². The van der Waals surface area contributed by atoms with E-state index in [1.54, 1.807) is 7.11 Å². The molecule has 3 aliphatic rings. The molecule has 1 unspecified atom stereocenters. The second-order valence-electron chi connectivity index (χ2n) is 14.2. The third-order valence-corrected chi connectivity index (χ3v) is 12.1. The molecule has 0 fully saturated rings. The third kappa shape index (κ3) is 13.3. The number of ketones is 2. The number of thiazole rings is 2. The van der Waals surface area contributed by atoms with E-state index in [0.29, 0.717) is 0 Å². The number of aromatic nitrogens is 2. The zero-order chi connectivity index (χ0) is 48.8. The summed E-state index contributed by atoms with van der Waals surface area (Å²) < 4.78 is 8.08. The Morgan fingerprint density at radius 3 is 1.84 bits per heavy atom. The maximum absolute atomic E-state index is 10.9. The van der Waals surface area contributed by atoms with Gasteiger partial charge in [-0.1, -0.05) is 47.8 Å². The standard InChI is InChI=1S/C27H34ClN2O.2C9H6N4O4S.Co/c1-7-17-30-24-15-13-21(28)18-23(24)27(5,8-2)26(30)16-12-20-11-14-22(19-25(20)31-6)29(9-3)10-4;2*14-5-1-2-6(7(15)3-5)11-12-9-10-4-8(18-9)13(16)17;/h7,11-16,18-19H,1,8-10,17H2,2-6H3;2*1-4H,(H2,10,12,14,15);/q+1;;;/p-2. The number of hydrogen-bond acceptors (Lipinski definition) is 16. The molecule has 0 saturated heterocycles. The van der Waals surface area contributed by atoms with Crippen molar-refractivity contribution in [2.24, 2.45) is 20.4 Å². The molecular weight excluding hydrogens is 983 g/mol. The quantitative estimate of drug-likeness (QED) is 0.0428.